The second-order valence-corrected chi connectivity index (χ2v) is 9.18. The van der Waals surface area contributed by atoms with E-state index in [-0.39, 0.29) is 58.6 Å². The van der Waals surface area contributed by atoms with E-state index in [0.29, 0.717) is 12.8 Å². The molecule has 0 bridgehead atoms. The van der Waals surface area contributed by atoms with E-state index in [1.165, 1.54) is 30.3 Å². The minimum Gasteiger partial charge on any atom is -0.507 e. The average Bonchev–Trinajstić information content (AvgIpc) is 2.75. The Kier molecular flexibility index (Phi) is 6.20. The molecule has 0 aromatic heterocycles. The van der Waals surface area contributed by atoms with Gasteiger partial charge in [-0.1, -0.05) is 18.2 Å². The van der Waals surface area contributed by atoms with Crippen molar-refractivity contribution in [3.8, 4) is 11.5 Å². The van der Waals surface area contributed by atoms with Gasteiger partial charge in [0.2, 0.25) is 0 Å². The van der Waals surface area contributed by atoms with Crippen LogP contribution in [0.1, 0.15) is 70.5 Å². The number of carboxylic acid groups (broad SMARTS) is 1. The highest BCUT2D eigenvalue weighted by molar-refractivity contribution is 6.30. The fourth-order valence-corrected chi connectivity index (χ4v) is 4.68. The first-order chi connectivity index (χ1) is 16.0. The molecule has 2 aromatic carbocycles. The summed E-state index contributed by atoms with van der Waals surface area (Å²) in [5.41, 5.74) is 4.65. The van der Waals surface area contributed by atoms with E-state index in [1.54, 1.807) is 6.92 Å². The maximum atomic E-state index is 13.1. The molecule has 4 unspecified atom stereocenters. The predicted octanol–water partition coefficient (Wildman–Crippen LogP) is 2.52. The fourth-order valence-electron chi connectivity index (χ4n) is 4.68. The molecule has 4 rings (SSSR count). The molecule has 2 aromatic rings. The standard InChI is InChI=1S/C25H27NO8/c1-12-16(26)8-9-19(33-12)34-25(2,11-18(28)29)10-13-6-7-15-21(22(13)30)24(32)14-4-3-5-17(27)20(14)23(15)31/h3-7,12,16,19,27,30H,8-11,26H2,1-2H3,(H,28,29). The molecule has 0 saturated carbocycles. The van der Waals surface area contributed by atoms with Crippen LogP contribution in [0.15, 0.2) is 30.3 Å². The van der Waals surface area contributed by atoms with Crippen molar-refractivity contribution in [2.75, 3.05) is 0 Å². The van der Waals surface area contributed by atoms with E-state index < -0.39 is 35.2 Å². The Labute approximate surface area is 196 Å². The maximum Gasteiger partial charge on any atom is 0.306 e. The molecule has 0 amide bonds. The van der Waals surface area contributed by atoms with Gasteiger partial charge >= 0.3 is 5.97 Å². The lowest BCUT2D eigenvalue weighted by Gasteiger charge is -2.38. The second kappa shape index (κ2) is 8.83. The van der Waals surface area contributed by atoms with Gasteiger partial charge in [0.15, 0.2) is 17.9 Å². The lowest BCUT2D eigenvalue weighted by Crippen LogP contribution is -2.47. The van der Waals surface area contributed by atoms with Gasteiger partial charge in [0.1, 0.15) is 11.5 Å². The fraction of sp³-hybridized carbons (Fsp3) is 0.400. The molecule has 180 valence electrons. The van der Waals surface area contributed by atoms with Crippen molar-refractivity contribution in [1.29, 1.82) is 0 Å². The summed E-state index contributed by atoms with van der Waals surface area (Å²) in [6, 6.07) is 6.90. The number of nitrogens with two attached hydrogens (primary N) is 1. The zero-order valence-electron chi connectivity index (χ0n) is 18.9. The zero-order chi connectivity index (χ0) is 24.8. The van der Waals surface area contributed by atoms with Gasteiger partial charge in [-0.25, -0.2) is 0 Å². The number of phenols is 2. The normalized spacial score (nSPS) is 23.7. The van der Waals surface area contributed by atoms with Crippen LogP contribution in [-0.2, 0) is 20.7 Å². The first-order valence-corrected chi connectivity index (χ1v) is 11.1. The highest BCUT2D eigenvalue weighted by atomic mass is 16.7. The van der Waals surface area contributed by atoms with E-state index >= 15 is 0 Å². The van der Waals surface area contributed by atoms with Crippen molar-refractivity contribution in [3.63, 3.8) is 0 Å². The van der Waals surface area contributed by atoms with E-state index in [1.807, 2.05) is 6.92 Å². The summed E-state index contributed by atoms with van der Waals surface area (Å²) < 4.78 is 11.9. The van der Waals surface area contributed by atoms with Crippen LogP contribution >= 0.6 is 0 Å². The van der Waals surface area contributed by atoms with Crippen molar-refractivity contribution in [1.82, 2.24) is 0 Å². The lowest BCUT2D eigenvalue weighted by atomic mass is 9.81. The van der Waals surface area contributed by atoms with Crippen LogP contribution in [0.25, 0.3) is 0 Å². The number of fused-ring (bicyclic) bond motifs is 2. The number of ketones is 2. The molecular weight excluding hydrogens is 442 g/mol. The summed E-state index contributed by atoms with van der Waals surface area (Å²) in [6.45, 7) is 3.42. The number of hydrogen-bond donors (Lipinski definition) is 4. The zero-order valence-corrected chi connectivity index (χ0v) is 18.9. The smallest absolute Gasteiger partial charge is 0.306 e. The van der Waals surface area contributed by atoms with E-state index in [0.717, 1.165) is 0 Å². The van der Waals surface area contributed by atoms with Crippen molar-refractivity contribution in [2.45, 2.75) is 63.6 Å². The molecule has 1 fully saturated rings. The average molecular weight is 469 g/mol. The summed E-state index contributed by atoms with van der Waals surface area (Å²) in [7, 11) is 0. The number of carbonyl (C=O) groups excluding carboxylic acids is 2. The van der Waals surface area contributed by atoms with Crippen LogP contribution in [-0.4, -0.2) is 56.9 Å². The van der Waals surface area contributed by atoms with Crippen LogP contribution in [0.3, 0.4) is 0 Å². The van der Waals surface area contributed by atoms with Gasteiger partial charge in [-0.05, 0) is 44.4 Å². The van der Waals surface area contributed by atoms with Gasteiger partial charge in [-0.2, -0.15) is 0 Å². The van der Waals surface area contributed by atoms with Crippen LogP contribution in [0, 0.1) is 0 Å². The summed E-state index contributed by atoms with van der Waals surface area (Å²) in [5.74, 6) is -3.00. The highest BCUT2D eigenvalue weighted by Crippen LogP contribution is 2.39. The SMILES string of the molecule is CC1OC(OC(C)(CC(=O)O)Cc2ccc3c(c2O)C(=O)c2cccc(O)c2C3=O)CCC1N. The van der Waals surface area contributed by atoms with E-state index in [9.17, 15) is 29.7 Å². The lowest BCUT2D eigenvalue weighted by molar-refractivity contribution is -0.243. The molecular formula is C25H27NO8. The molecule has 1 heterocycles. The molecule has 5 N–H and O–H groups in total. The van der Waals surface area contributed by atoms with Gasteiger partial charge in [0.05, 0.1) is 29.3 Å². The van der Waals surface area contributed by atoms with Gasteiger partial charge in [-0.3, -0.25) is 14.4 Å². The third kappa shape index (κ3) is 4.29. The molecule has 34 heavy (non-hydrogen) atoms. The number of carboxylic acids is 1. The Balaban J connectivity index is 1.67. The molecule has 0 radical (unpaired) electrons. The molecule has 4 atom stereocenters. The molecule has 1 aliphatic heterocycles. The summed E-state index contributed by atoms with van der Waals surface area (Å²) >= 11 is 0. The van der Waals surface area contributed by atoms with Gasteiger partial charge < -0.3 is 30.5 Å². The summed E-state index contributed by atoms with van der Waals surface area (Å²) in [4.78, 5) is 37.7. The van der Waals surface area contributed by atoms with Gasteiger partial charge in [-0.15, -0.1) is 0 Å². The number of carbonyl (C=O) groups is 3. The minimum absolute atomic E-state index is 0.00423. The number of aliphatic carboxylic acids is 1. The Morgan fingerprint density at radius 1 is 1.12 bits per heavy atom. The largest absolute Gasteiger partial charge is 0.507 e. The van der Waals surface area contributed by atoms with Crippen molar-refractivity contribution >= 4 is 17.5 Å². The number of hydrogen-bond acceptors (Lipinski definition) is 8. The van der Waals surface area contributed by atoms with Crippen LogP contribution < -0.4 is 5.73 Å². The minimum atomic E-state index is -1.28. The van der Waals surface area contributed by atoms with Crippen molar-refractivity contribution in [3.05, 3.63) is 58.1 Å². The molecule has 9 heteroatoms. The number of rotatable bonds is 6. The highest BCUT2D eigenvalue weighted by Gasteiger charge is 2.39. The number of ether oxygens (including phenoxy) is 2. The van der Waals surface area contributed by atoms with Gasteiger partial charge in [0.25, 0.3) is 0 Å². The van der Waals surface area contributed by atoms with E-state index in [2.05, 4.69) is 0 Å². The Morgan fingerprint density at radius 2 is 1.79 bits per heavy atom. The second-order valence-electron chi connectivity index (χ2n) is 9.18. The maximum absolute atomic E-state index is 13.1. The first-order valence-electron chi connectivity index (χ1n) is 11.1. The topological polar surface area (TPSA) is 156 Å². The number of phenolic OH excluding ortho intramolecular Hbond substituents is 2. The quantitative estimate of drug-likeness (QED) is 0.426. The third-order valence-electron chi connectivity index (χ3n) is 6.46. The summed E-state index contributed by atoms with van der Waals surface area (Å²) in [6.07, 6.45) is -0.214. The van der Waals surface area contributed by atoms with Crippen LogP contribution in [0.2, 0.25) is 0 Å². The molecule has 1 aliphatic carbocycles. The Hall–Kier alpha value is -3.27. The summed E-state index contributed by atoms with van der Waals surface area (Å²) in [5, 5.41) is 30.6. The monoisotopic (exact) mass is 469 g/mol. The Morgan fingerprint density at radius 3 is 2.47 bits per heavy atom. The molecule has 2 aliphatic rings. The van der Waals surface area contributed by atoms with Crippen molar-refractivity contribution in [2.24, 2.45) is 5.73 Å². The first kappa shape index (κ1) is 23.9. The van der Waals surface area contributed by atoms with Crippen LogP contribution in [0.4, 0.5) is 0 Å². The van der Waals surface area contributed by atoms with Crippen molar-refractivity contribution < 1.29 is 39.2 Å². The van der Waals surface area contributed by atoms with E-state index in [4.69, 9.17) is 15.2 Å². The number of aromatic hydroxyl groups is 2. The van der Waals surface area contributed by atoms with Gasteiger partial charge in [0, 0.05) is 23.6 Å². The number of benzene rings is 2. The molecule has 0 spiro atoms. The van der Waals surface area contributed by atoms with Crippen LogP contribution in [0.5, 0.6) is 11.5 Å². The molecule has 1 saturated heterocycles. The Bertz CT molecular complexity index is 1180. The molecule has 9 nitrogen and oxygen atoms in total. The third-order valence-corrected chi connectivity index (χ3v) is 6.46. The predicted molar refractivity (Wildman–Crippen MR) is 120 cm³/mol.